The molecule has 138 valence electrons. The van der Waals surface area contributed by atoms with Gasteiger partial charge in [-0.05, 0) is 6.42 Å². The Morgan fingerprint density at radius 3 is 2.80 bits per heavy atom. The van der Waals surface area contributed by atoms with Crippen molar-refractivity contribution in [2.24, 2.45) is 0 Å². The molecule has 0 amide bonds. The van der Waals surface area contributed by atoms with E-state index in [1.807, 2.05) is 4.57 Å². The molecule has 8 heteroatoms. The van der Waals surface area contributed by atoms with E-state index < -0.39 is 18.4 Å². The van der Waals surface area contributed by atoms with E-state index in [9.17, 15) is 10.2 Å². The van der Waals surface area contributed by atoms with Crippen molar-refractivity contribution in [1.29, 1.82) is 0 Å². The molecular weight excluding hydrogens is 322 g/mol. The molecule has 1 aliphatic rings. The van der Waals surface area contributed by atoms with Gasteiger partial charge in [-0.25, -0.2) is 15.0 Å². The summed E-state index contributed by atoms with van der Waals surface area (Å²) in [6.07, 6.45) is 6.73. The standard InChI is InChI=1S/C17H27N5O3/c1-2-3-4-5-6-7-13-21-15-16(18)19-10-20-17(15)22(13)14-8-11(24)12(9-23)25-14/h10-12,14,23-24H,2-9H2,1H3,(H2,18,19,20)/t11-,12+,14+/m0/s1. The van der Waals surface area contributed by atoms with Crippen LogP contribution in [0.2, 0.25) is 0 Å². The van der Waals surface area contributed by atoms with Crippen LogP contribution in [0.5, 0.6) is 0 Å². The third-order valence-corrected chi connectivity index (χ3v) is 4.75. The van der Waals surface area contributed by atoms with Gasteiger partial charge in [0.2, 0.25) is 0 Å². The summed E-state index contributed by atoms with van der Waals surface area (Å²) in [5.41, 5.74) is 7.14. The Morgan fingerprint density at radius 2 is 2.08 bits per heavy atom. The van der Waals surface area contributed by atoms with Gasteiger partial charge in [-0.1, -0.05) is 32.6 Å². The molecule has 25 heavy (non-hydrogen) atoms. The van der Waals surface area contributed by atoms with E-state index >= 15 is 0 Å². The Hall–Kier alpha value is -1.77. The summed E-state index contributed by atoms with van der Waals surface area (Å²) in [6.45, 7) is 1.98. The summed E-state index contributed by atoms with van der Waals surface area (Å²) in [5.74, 6) is 1.18. The third-order valence-electron chi connectivity index (χ3n) is 4.75. The van der Waals surface area contributed by atoms with Gasteiger partial charge in [0.05, 0.1) is 12.7 Å². The summed E-state index contributed by atoms with van der Waals surface area (Å²) < 4.78 is 7.73. The average molecular weight is 349 g/mol. The number of nitrogens with two attached hydrogens (primary N) is 1. The molecule has 0 spiro atoms. The third kappa shape index (κ3) is 3.75. The number of hydrogen-bond acceptors (Lipinski definition) is 7. The van der Waals surface area contributed by atoms with Crippen LogP contribution in [0, 0.1) is 0 Å². The molecule has 3 rings (SSSR count). The fourth-order valence-corrected chi connectivity index (χ4v) is 3.37. The summed E-state index contributed by atoms with van der Waals surface area (Å²) in [7, 11) is 0. The predicted octanol–water partition coefficient (Wildman–Crippen LogP) is 1.56. The lowest BCUT2D eigenvalue weighted by Crippen LogP contribution is -2.24. The van der Waals surface area contributed by atoms with Crippen LogP contribution in [0.4, 0.5) is 5.82 Å². The SMILES string of the molecule is CCCCCCCc1nc2c(N)ncnc2n1[C@H]1C[C@H](O)[C@@H](CO)O1. The second kappa shape index (κ2) is 8.07. The molecule has 0 unspecified atom stereocenters. The zero-order chi connectivity index (χ0) is 17.8. The van der Waals surface area contributed by atoms with Gasteiger partial charge in [-0.3, -0.25) is 4.57 Å². The maximum Gasteiger partial charge on any atom is 0.167 e. The van der Waals surface area contributed by atoms with Gasteiger partial charge in [0, 0.05) is 12.8 Å². The van der Waals surface area contributed by atoms with Crippen LogP contribution in [0.15, 0.2) is 6.33 Å². The first-order valence-corrected chi connectivity index (χ1v) is 9.07. The molecule has 0 radical (unpaired) electrons. The van der Waals surface area contributed by atoms with Crippen LogP contribution in [0.3, 0.4) is 0 Å². The molecular formula is C17H27N5O3. The molecule has 3 atom stereocenters. The summed E-state index contributed by atoms with van der Waals surface area (Å²) >= 11 is 0. The number of aliphatic hydroxyl groups excluding tert-OH is 2. The Kier molecular flexibility index (Phi) is 5.82. The molecule has 8 nitrogen and oxygen atoms in total. The van der Waals surface area contributed by atoms with Gasteiger partial charge < -0.3 is 20.7 Å². The number of aryl methyl sites for hydroxylation is 1. The van der Waals surface area contributed by atoms with Gasteiger partial charge in [-0.2, -0.15) is 0 Å². The van der Waals surface area contributed by atoms with Crippen LogP contribution in [0.25, 0.3) is 11.2 Å². The molecule has 2 aromatic rings. The lowest BCUT2D eigenvalue weighted by atomic mass is 10.1. The molecule has 1 aliphatic heterocycles. The number of hydrogen-bond donors (Lipinski definition) is 3. The number of anilines is 1. The van der Waals surface area contributed by atoms with Crippen molar-refractivity contribution in [3.63, 3.8) is 0 Å². The quantitative estimate of drug-likeness (QED) is 0.619. The van der Waals surface area contributed by atoms with Crippen molar-refractivity contribution in [2.75, 3.05) is 12.3 Å². The monoisotopic (exact) mass is 349 g/mol. The Balaban J connectivity index is 1.86. The maximum absolute atomic E-state index is 10.1. The minimum Gasteiger partial charge on any atom is -0.394 e. The molecule has 3 heterocycles. The number of imidazole rings is 1. The molecule has 1 saturated heterocycles. The van der Waals surface area contributed by atoms with Gasteiger partial charge in [-0.15, -0.1) is 0 Å². The first-order valence-electron chi connectivity index (χ1n) is 9.07. The Labute approximate surface area is 147 Å². The normalized spacial score (nSPS) is 23.6. The highest BCUT2D eigenvalue weighted by Crippen LogP contribution is 2.33. The molecule has 0 aromatic carbocycles. The van der Waals surface area contributed by atoms with Crippen LogP contribution in [-0.4, -0.2) is 48.5 Å². The van der Waals surface area contributed by atoms with E-state index in [4.69, 9.17) is 10.5 Å². The highest BCUT2D eigenvalue weighted by Gasteiger charge is 2.36. The van der Waals surface area contributed by atoms with E-state index in [0.717, 1.165) is 25.1 Å². The van der Waals surface area contributed by atoms with Crippen LogP contribution in [0.1, 0.15) is 57.5 Å². The fourth-order valence-electron chi connectivity index (χ4n) is 3.37. The topological polar surface area (TPSA) is 119 Å². The first-order chi connectivity index (χ1) is 12.2. The Bertz CT molecular complexity index is 705. The maximum atomic E-state index is 10.1. The van der Waals surface area contributed by atoms with Crippen molar-refractivity contribution in [2.45, 2.75) is 70.3 Å². The molecule has 0 saturated carbocycles. The van der Waals surface area contributed by atoms with Crippen molar-refractivity contribution in [1.82, 2.24) is 19.5 Å². The lowest BCUT2D eigenvalue weighted by Gasteiger charge is -2.16. The minimum atomic E-state index is -0.705. The minimum absolute atomic E-state index is 0.215. The van der Waals surface area contributed by atoms with Gasteiger partial charge in [0.1, 0.15) is 24.5 Å². The second-order valence-electron chi connectivity index (χ2n) is 6.61. The number of unbranched alkanes of at least 4 members (excludes halogenated alkanes) is 4. The fraction of sp³-hybridized carbons (Fsp3) is 0.706. The summed E-state index contributed by atoms with van der Waals surface area (Å²) in [5, 5.41) is 19.4. The highest BCUT2D eigenvalue weighted by atomic mass is 16.5. The lowest BCUT2D eigenvalue weighted by molar-refractivity contribution is -0.0440. The average Bonchev–Trinajstić information content (AvgIpc) is 3.15. The van der Waals surface area contributed by atoms with Crippen LogP contribution < -0.4 is 5.73 Å². The molecule has 0 aliphatic carbocycles. The smallest absolute Gasteiger partial charge is 0.167 e. The van der Waals surface area contributed by atoms with Gasteiger partial charge in [0.25, 0.3) is 0 Å². The number of ether oxygens (including phenoxy) is 1. The van der Waals surface area contributed by atoms with E-state index in [-0.39, 0.29) is 6.61 Å². The van der Waals surface area contributed by atoms with E-state index in [1.54, 1.807) is 0 Å². The zero-order valence-electron chi connectivity index (χ0n) is 14.6. The van der Waals surface area contributed by atoms with Crippen molar-refractivity contribution >= 4 is 17.0 Å². The largest absolute Gasteiger partial charge is 0.394 e. The van der Waals surface area contributed by atoms with Crippen LogP contribution in [-0.2, 0) is 11.2 Å². The molecule has 1 fully saturated rings. The number of fused-ring (bicyclic) bond motifs is 1. The number of nitrogen functional groups attached to an aromatic ring is 1. The molecule has 0 bridgehead atoms. The number of nitrogens with zero attached hydrogens (tertiary/aromatic N) is 4. The van der Waals surface area contributed by atoms with E-state index in [1.165, 1.54) is 25.6 Å². The summed E-state index contributed by atoms with van der Waals surface area (Å²) in [6, 6.07) is 0. The molecule has 4 N–H and O–H groups in total. The summed E-state index contributed by atoms with van der Waals surface area (Å²) in [4.78, 5) is 13.0. The molecule has 2 aromatic heterocycles. The van der Waals surface area contributed by atoms with E-state index in [2.05, 4.69) is 21.9 Å². The number of rotatable bonds is 8. The first kappa shape index (κ1) is 18.0. The highest BCUT2D eigenvalue weighted by molar-refractivity contribution is 5.81. The Morgan fingerprint density at radius 1 is 1.28 bits per heavy atom. The number of aliphatic hydroxyl groups is 2. The zero-order valence-corrected chi connectivity index (χ0v) is 14.6. The number of aromatic nitrogens is 4. The van der Waals surface area contributed by atoms with E-state index in [0.29, 0.717) is 23.4 Å². The van der Waals surface area contributed by atoms with Crippen LogP contribution >= 0.6 is 0 Å². The van der Waals surface area contributed by atoms with Crippen molar-refractivity contribution in [3.8, 4) is 0 Å². The predicted molar refractivity (Wildman–Crippen MR) is 93.8 cm³/mol. The van der Waals surface area contributed by atoms with Gasteiger partial charge in [0.15, 0.2) is 17.0 Å². The second-order valence-corrected chi connectivity index (χ2v) is 6.61. The van der Waals surface area contributed by atoms with Gasteiger partial charge >= 0.3 is 0 Å². The van der Waals surface area contributed by atoms with Crippen molar-refractivity contribution < 1.29 is 14.9 Å². The van der Waals surface area contributed by atoms with Crippen molar-refractivity contribution in [3.05, 3.63) is 12.2 Å².